The smallest absolute Gasteiger partial charge is 0.303 e. The van der Waals surface area contributed by atoms with Crippen molar-refractivity contribution in [3.63, 3.8) is 0 Å². The number of aromatic amines is 1. The normalized spacial score (nSPS) is 10.7. The summed E-state index contributed by atoms with van der Waals surface area (Å²) in [4.78, 5) is 28.2. The molecule has 6 nitrogen and oxygen atoms in total. The van der Waals surface area contributed by atoms with E-state index in [9.17, 15) is 9.59 Å². The molecule has 0 saturated heterocycles. The Morgan fingerprint density at radius 3 is 3.13 bits per heavy atom. The number of rotatable bonds is 3. The van der Waals surface area contributed by atoms with Gasteiger partial charge in [0.05, 0.1) is 12.7 Å². The molecule has 2 aromatic rings. The molecule has 2 aromatic heterocycles. The van der Waals surface area contributed by atoms with Gasteiger partial charge in [-0.1, -0.05) is 0 Å². The molecule has 0 fully saturated rings. The Balaban J connectivity index is 2.36. The van der Waals surface area contributed by atoms with Crippen molar-refractivity contribution in [1.82, 2.24) is 9.97 Å². The van der Waals surface area contributed by atoms with E-state index in [1.807, 2.05) is 0 Å². The number of nitrogens with one attached hydrogen (secondary N) is 1. The predicted molar refractivity (Wildman–Crippen MR) is 50.6 cm³/mol. The number of carboxylic acids is 1. The Kier molecular flexibility index (Phi) is 2.24. The van der Waals surface area contributed by atoms with Gasteiger partial charge in [-0.15, -0.1) is 0 Å². The van der Waals surface area contributed by atoms with Crippen LogP contribution in [0.5, 0.6) is 0 Å². The maximum absolute atomic E-state index is 11.4. The molecule has 0 saturated carbocycles. The minimum absolute atomic E-state index is 0.0743. The van der Waals surface area contributed by atoms with Gasteiger partial charge < -0.3 is 14.5 Å². The molecule has 6 heteroatoms. The summed E-state index contributed by atoms with van der Waals surface area (Å²) in [6.07, 6.45) is 1.48. The lowest BCUT2D eigenvalue weighted by molar-refractivity contribution is -0.137. The Morgan fingerprint density at radius 2 is 2.40 bits per heavy atom. The molecule has 0 aliphatic rings. The molecule has 2 N–H and O–H groups in total. The van der Waals surface area contributed by atoms with Crippen LogP contribution in [0.25, 0.3) is 11.1 Å². The van der Waals surface area contributed by atoms with Gasteiger partial charge >= 0.3 is 5.97 Å². The van der Waals surface area contributed by atoms with Gasteiger partial charge in [0.2, 0.25) is 5.71 Å². The van der Waals surface area contributed by atoms with E-state index in [4.69, 9.17) is 9.52 Å². The van der Waals surface area contributed by atoms with Crippen molar-refractivity contribution in [2.45, 2.75) is 12.8 Å². The summed E-state index contributed by atoms with van der Waals surface area (Å²) in [5.74, 6) is -0.609. The van der Waals surface area contributed by atoms with Gasteiger partial charge in [0, 0.05) is 6.42 Å². The number of aliphatic carboxylic acids is 1. The van der Waals surface area contributed by atoms with Crippen LogP contribution < -0.4 is 5.56 Å². The summed E-state index contributed by atoms with van der Waals surface area (Å²) in [6, 6.07) is 1.52. The fraction of sp³-hybridized carbons (Fsp3) is 0.222. The summed E-state index contributed by atoms with van der Waals surface area (Å²) < 4.78 is 4.97. The number of nitrogens with zero attached hydrogens (tertiary/aromatic N) is 1. The predicted octanol–water partition coefficient (Wildman–Crippen LogP) is 0.533. The molecule has 0 unspecified atom stereocenters. The Bertz CT molecular complexity index is 554. The lowest BCUT2D eigenvalue weighted by Gasteiger charge is -1.96. The van der Waals surface area contributed by atoms with E-state index < -0.39 is 5.97 Å². The molecule has 2 heterocycles. The lowest BCUT2D eigenvalue weighted by Crippen LogP contribution is -2.11. The van der Waals surface area contributed by atoms with Crippen molar-refractivity contribution in [2.24, 2.45) is 0 Å². The third-order valence-electron chi connectivity index (χ3n) is 1.96. The van der Waals surface area contributed by atoms with Crippen LogP contribution in [0.4, 0.5) is 0 Å². The molecule has 0 spiro atoms. The number of aryl methyl sites for hydroxylation is 1. The van der Waals surface area contributed by atoms with Crippen LogP contribution in [0.3, 0.4) is 0 Å². The molecule has 0 amide bonds. The highest BCUT2D eigenvalue weighted by atomic mass is 16.4. The Morgan fingerprint density at radius 1 is 1.60 bits per heavy atom. The van der Waals surface area contributed by atoms with Crippen molar-refractivity contribution >= 4 is 17.1 Å². The second-order valence-electron chi connectivity index (χ2n) is 3.05. The average molecular weight is 208 g/mol. The Labute approximate surface area is 83.6 Å². The third-order valence-corrected chi connectivity index (χ3v) is 1.96. The molecule has 78 valence electrons. The summed E-state index contributed by atoms with van der Waals surface area (Å²) in [5, 5.41) is 8.84. The summed E-state index contributed by atoms with van der Waals surface area (Å²) in [7, 11) is 0. The van der Waals surface area contributed by atoms with Crippen molar-refractivity contribution in [3.8, 4) is 0 Å². The monoisotopic (exact) mass is 208 g/mol. The van der Waals surface area contributed by atoms with Gasteiger partial charge in [-0.2, -0.15) is 4.98 Å². The number of furan rings is 1. The first kappa shape index (κ1) is 9.45. The molecule has 0 aromatic carbocycles. The highest BCUT2D eigenvalue weighted by Gasteiger charge is 2.07. The zero-order chi connectivity index (χ0) is 10.8. The van der Waals surface area contributed by atoms with Gasteiger partial charge in [0.25, 0.3) is 5.56 Å². The molecular weight excluding hydrogens is 200 g/mol. The molecule has 15 heavy (non-hydrogen) atoms. The van der Waals surface area contributed by atoms with Gasteiger partial charge in [0.15, 0.2) is 0 Å². The van der Waals surface area contributed by atoms with Gasteiger partial charge in [-0.3, -0.25) is 9.59 Å². The minimum atomic E-state index is -0.933. The van der Waals surface area contributed by atoms with Crippen LogP contribution in [0.2, 0.25) is 0 Å². The standard InChI is InChI=1S/C9H8N2O4/c12-7(13)2-1-6-10-8(14)5-3-4-15-9(5)11-6/h3-4H,1-2H2,(H,12,13)(H,10,11,14). The maximum atomic E-state index is 11.4. The molecule has 0 radical (unpaired) electrons. The van der Waals surface area contributed by atoms with E-state index >= 15 is 0 Å². The van der Waals surface area contributed by atoms with Crippen LogP contribution in [-0.4, -0.2) is 21.0 Å². The first-order valence-corrected chi connectivity index (χ1v) is 4.35. The van der Waals surface area contributed by atoms with Crippen molar-refractivity contribution in [1.29, 1.82) is 0 Å². The molecule has 2 rings (SSSR count). The molecular formula is C9H8N2O4. The summed E-state index contributed by atoms with van der Waals surface area (Å²) in [5.41, 5.74) is -0.0757. The quantitative estimate of drug-likeness (QED) is 0.767. The van der Waals surface area contributed by atoms with E-state index in [2.05, 4.69) is 9.97 Å². The van der Waals surface area contributed by atoms with Crippen molar-refractivity contribution in [3.05, 3.63) is 28.5 Å². The second-order valence-corrected chi connectivity index (χ2v) is 3.05. The van der Waals surface area contributed by atoms with Crippen LogP contribution in [0.15, 0.2) is 21.5 Å². The summed E-state index contributed by atoms with van der Waals surface area (Å²) in [6.45, 7) is 0. The zero-order valence-electron chi connectivity index (χ0n) is 7.69. The molecule has 0 atom stereocenters. The Hall–Kier alpha value is -2.11. The first-order chi connectivity index (χ1) is 7.16. The number of carbonyl (C=O) groups is 1. The lowest BCUT2D eigenvalue weighted by atomic mass is 10.3. The van der Waals surface area contributed by atoms with Crippen LogP contribution in [-0.2, 0) is 11.2 Å². The van der Waals surface area contributed by atoms with Gasteiger partial charge in [0.1, 0.15) is 11.2 Å². The zero-order valence-corrected chi connectivity index (χ0v) is 7.69. The molecule has 0 aliphatic heterocycles. The number of fused-ring (bicyclic) bond motifs is 1. The number of hydrogen-bond donors (Lipinski definition) is 2. The molecule has 0 aliphatic carbocycles. The number of H-pyrrole nitrogens is 1. The van der Waals surface area contributed by atoms with E-state index in [-0.39, 0.29) is 24.1 Å². The van der Waals surface area contributed by atoms with Gasteiger partial charge in [-0.25, -0.2) is 0 Å². The minimum Gasteiger partial charge on any atom is -0.481 e. The summed E-state index contributed by atoms with van der Waals surface area (Å²) >= 11 is 0. The number of carboxylic acid groups (broad SMARTS) is 1. The largest absolute Gasteiger partial charge is 0.481 e. The van der Waals surface area contributed by atoms with Crippen molar-refractivity contribution in [2.75, 3.05) is 0 Å². The van der Waals surface area contributed by atoms with Crippen LogP contribution in [0, 0.1) is 0 Å². The van der Waals surface area contributed by atoms with Gasteiger partial charge in [-0.05, 0) is 6.07 Å². The average Bonchev–Trinajstić information content (AvgIpc) is 2.63. The van der Waals surface area contributed by atoms with Crippen LogP contribution in [0.1, 0.15) is 12.2 Å². The van der Waals surface area contributed by atoms with E-state index in [0.29, 0.717) is 11.2 Å². The highest BCUT2D eigenvalue weighted by molar-refractivity contribution is 5.71. The van der Waals surface area contributed by atoms with Crippen molar-refractivity contribution < 1.29 is 14.3 Å². The van der Waals surface area contributed by atoms with E-state index in [0.717, 1.165) is 0 Å². The van der Waals surface area contributed by atoms with E-state index in [1.165, 1.54) is 12.3 Å². The maximum Gasteiger partial charge on any atom is 0.303 e. The third kappa shape index (κ3) is 1.88. The first-order valence-electron chi connectivity index (χ1n) is 4.35. The van der Waals surface area contributed by atoms with E-state index in [1.54, 1.807) is 0 Å². The topological polar surface area (TPSA) is 96.2 Å². The van der Waals surface area contributed by atoms with Crippen LogP contribution >= 0.6 is 0 Å². The SMILES string of the molecule is O=C(O)CCc1nc2occc2c(=O)[nH]1. The fourth-order valence-corrected chi connectivity index (χ4v) is 1.25. The molecule has 0 bridgehead atoms. The fourth-order valence-electron chi connectivity index (χ4n) is 1.25. The highest BCUT2D eigenvalue weighted by Crippen LogP contribution is 2.07. The second kappa shape index (κ2) is 3.56. The number of hydrogen-bond acceptors (Lipinski definition) is 4. The number of aromatic nitrogens is 2.